The van der Waals surface area contributed by atoms with Gasteiger partial charge in [0.1, 0.15) is 5.76 Å². The number of rotatable bonds is 4. The van der Waals surface area contributed by atoms with Gasteiger partial charge in [0.15, 0.2) is 5.54 Å². The van der Waals surface area contributed by atoms with Crippen LogP contribution in [0.15, 0.2) is 72.0 Å². The van der Waals surface area contributed by atoms with Crippen molar-refractivity contribution in [3.8, 4) is 0 Å². The summed E-state index contributed by atoms with van der Waals surface area (Å²) in [5.74, 6) is -1.64. The summed E-state index contributed by atoms with van der Waals surface area (Å²) in [6, 6.07) is 17.8. The molecule has 1 N–H and O–H groups in total. The summed E-state index contributed by atoms with van der Waals surface area (Å²) in [6.07, 6.45) is 1.76. The molecule has 1 aliphatic heterocycles. The number of amides is 1. The van der Waals surface area contributed by atoms with Crippen molar-refractivity contribution in [2.75, 3.05) is 7.11 Å². The van der Waals surface area contributed by atoms with Gasteiger partial charge in [-0.15, -0.1) is 0 Å². The Morgan fingerprint density at radius 3 is 2.38 bits per heavy atom. The Morgan fingerprint density at radius 1 is 1.07 bits per heavy atom. The minimum absolute atomic E-state index is 0.310. The molecule has 0 aromatic heterocycles. The predicted molar refractivity (Wildman–Crippen MR) is 105 cm³/mol. The third-order valence-corrected chi connectivity index (χ3v) is 5.59. The van der Waals surface area contributed by atoms with E-state index in [1.54, 1.807) is 36.4 Å². The average Bonchev–Trinajstić information content (AvgIpc) is 3.06. The zero-order valence-corrected chi connectivity index (χ0v) is 16.0. The number of hydrogen-bond donors (Lipinski definition) is 1. The van der Waals surface area contributed by atoms with Crippen LogP contribution in [0.2, 0.25) is 0 Å². The number of benzene rings is 2. The highest BCUT2D eigenvalue weighted by molar-refractivity contribution is 6.00. The zero-order valence-electron chi connectivity index (χ0n) is 16.0. The van der Waals surface area contributed by atoms with Crippen LogP contribution in [0.25, 0.3) is 0 Å². The second-order valence-electron chi connectivity index (χ2n) is 7.16. The highest BCUT2D eigenvalue weighted by Crippen LogP contribution is 2.49. The Bertz CT molecular complexity index is 983. The standard InChI is InChI=1S/C23H21NO5/c1-28-21(26)17-13-8-14-18-19(17)29-22(27)23(18,16-11-6-3-7-12-16)24-20(25)15-9-4-2-5-10-15/h2-7,9-12,18H,8,13-14H2,1H3,(H,24,25)/t18-,23-/m0/s1. The molecule has 1 aliphatic carbocycles. The molecule has 4 rings (SSSR count). The molecular weight excluding hydrogens is 370 g/mol. The van der Waals surface area contributed by atoms with E-state index in [0.29, 0.717) is 41.7 Å². The van der Waals surface area contributed by atoms with Crippen LogP contribution in [0, 0.1) is 5.92 Å². The lowest BCUT2D eigenvalue weighted by Gasteiger charge is -2.34. The molecule has 0 bridgehead atoms. The summed E-state index contributed by atoms with van der Waals surface area (Å²) in [7, 11) is 1.30. The van der Waals surface area contributed by atoms with Gasteiger partial charge in [-0.3, -0.25) is 4.79 Å². The molecule has 2 aromatic rings. The Labute approximate surface area is 168 Å². The molecule has 1 saturated heterocycles. The van der Waals surface area contributed by atoms with E-state index in [1.807, 2.05) is 24.3 Å². The zero-order chi connectivity index (χ0) is 20.4. The number of carbonyl (C=O) groups is 3. The van der Waals surface area contributed by atoms with Crippen LogP contribution in [0.5, 0.6) is 0 Å². The highest BCUT2D eigenvalue weighted by atomic mass is 16.6. The molecule has 0 unspecified atom stereocenters. The first kappa shape index (κ1) is 18.9. The number of carbonyl (C=O) groups excluding carboxylic acids is 3. The fourth-order valence-corrected chi connectivity index (χ4v) is 4.21. The number of ether oxygens (including phenoxy) is 2. The molecule has 0 radical (unpaired) electrons. The summed E-state index contributed by atoms with van der Waals surface area (Å²) in [4.78, 5) is 38.6. The Kier molecular flexibility index (Phi) is 4.92. The minimum Gasteiger partial charge on any atom is -0.466 e. The molecule has 6 heteroatoms. The fourth-order valence-electron chi connectivity index (χ4n) is 4.21. The molecule has 2 aromatic carbocycles. The summed E-state index contributed by atoms with van der Waals surface area (Å²) in [6.45, 7) is 0. The number of esters is 2. The molecule has 0 saturated carbocycles. The maximum absolute atomic E-state index is 13.3. The van der Waals surface area contributed by atoms with E-state index in [4.69, 9.17) is 9.47 Å². The van der Waals surface area contributed by atoms with Crippen LogP contribution in [0.1, 0.15) is 35.2 Å². The lowest BCUT2D eigenvalue weighted by molar-refractivity contribution is -0.142. The predicted octanol–water partition coefficient (Wildman–Crippen LogP) is 3.10. The number of fused-ring (bicyclic) bond motifs is 1. The quantitative estimate of drug-likeness (QED) is 0.810. The molecule has 1 heterocycles. The van der Waals surface area contributed by atoms with Crippen LogP contribution in [-0.4, -0.2) is 25.0 Å². The molecule has 2 aliphatic rings. The third kappa shape index (κ3) is 3.10. The molecule has 2 atom stereocenters. The smallest absolute Gasteiger partial charge is 0.342 e. The second kappa shape index (κ2) is 7.54. The molecular formula is C23H21NO5. The van der Waals surface area contributed by atoms with Crippen LogP contribution in [0.3, 0.4) is 0 Å². The average molecular weight is 391 g/mol. The molecule has 148 valence electrons. The first-order valence-corrected chi connectivity index (χ1v) is 9.54. The lowest BCUT2D eigenvalue weighted by Crippen LogP contribution is -2.53. The number of hydrogen-bond acceptors (Lipinski definition) is 5. The Morgan fingerprint density at radius 2 is 1.72 bits per heavy atom. The van der Waals surface area contributed by atoms with Crippen molar-refractivity contribution < 1.29 is 23.9 Å². The van der Waals surface area contributed by atoms with E-state index in [9.17, 15) is 14.4 Å². The normalized spacial score (nSPS) is 23.2. The summed E-state index contributed by atoms with van der Waals surface area (Å²) in [5, 5.41) is 2.95. The van der Waals surface area contributed by atoms with Crippen LogP contribution >= 0.6 is 0 Å². The molecule has 1 amide bonds. The van der Waals surface area contributed by atoms with Crippen molar-refractivity contribution in [1.29, 1.82) is 0 Å². The topological polar surface area (TPSA) is 81.7 Å². The number of methoxy groups -OCH3 is 1. The number of nitrogens with one attached hydrogen (secondary N) is 1. The third-order valence-electron chi connectivity index (χ3n) is 5.59. The minimum atomic E-state index is -1.40. The molecule has 29 heavy (non-hydrogen) atoms. The van der Waals surface area contributed by atoms with Gasteiger partial charge in [0.05, 0.1) is 18.6 Å². The maximum atomic E-state index is 13.3. The van der Waals surface area contributed by atoms with E-state index in [0.717, 1.165) is 0 Å². The fraction of sp³-hybridized carbons (Fsp3) is 0.261. The lowest BCUT2D eigenvalue weighted by atomic mass is 9.73. The van der Waals surface area contributed by atoms with Crippen LogP contribution in [0.4, 0.5) is 0 Å². The summed E-state index contributed by atoms with van der Waals surface area (Å²) >= 11 is 0. The van der Waals surface area contributed by atoms with Crippen molar-refractivity contribution in [3.05, 3.63) is 83.1 Å². The van der Waals surface area contributed by atoms with E-state index in [-0.39, 0.29) is 5.91 Å². The molecule has 6 nitrogen and oxygen atoms in total. The largest absolute Gasteiger partial charge is 0.466 e. The van der Waals surface area contributed by atoms with Crippen LogP contribution in [-0.2, 0) is 24.6 Å². The van der Waals surface area contributed by atoms with Crippen LogP contribution < -0.4 is 5.32 Å². The van der Waals surface area contributed by atoms with E-state index < -0.39 is 23.4 Å². The monoisotopic (exact) mass is 391 g/mol. The first-order valence-electron chi connectivity index (χ1n) is 9.54. The van der Waals surface area contributed by atoms with Crippen molar-refractivity contribution in [2.45, 2.75) is 24.8 Å². The van der Waals surface area contributed by atoms with Gasteiger partial charge < -0.3 is 14.8 Å². The molecule has 0 spiro atoms. The maximum Gasteiger partial charge on any atom is 0.342 e. The van der Waals surface area contributed by atoms with Gasteiger partial charge in [-0.05, 0) is 37.0 Å². The first-order chi connectivity index (χ1) is 14.1. The van der Waals surface area contributed by atoms with E-state index in [1.165, 1.54) is 7.11 Å². The summed E-state index contributed by atoms with van der Waals surface area (Å²) in [5.41, 5.74) is 0.0322. The van der Waals surface area contributed by atoms with Gasteiger partial charge in [-0.25, -0.2) is 9.59 Å². The second-order valence-corrected chi connectivity index (χ2v) is 7.16. The summed E-state index contributed by atoms with van der Waals surface area (Å²) < 4.78 is 10.5. The van der Waals surface area contributed by atoms with Gasteiger partial charge >= 0.3 is 11.9 Å². The van der Waals surface area contributed by atoms with Gasteiger partial charge in [0, 0.05) is 5.56 Å². The van der Waals surface area contributed by atoms with Gasteiger partial charge in [-0.2, -0.15) is 0 Å². The van der Waals surface area contributed by atoms with E-state index >= 15 is 0 Å². The van der Waals surface area contributed by atoms with Gasteiger partial charge in [-0.1, -0.05) is 48.5 Å². The van der Waals surface area contributed by atoms with Gasteiger partial charge in [0.25, 0.3) is 5.91 Å². The van der Waals surface area contributed by atoms with Crippen molar-refractivity contribution in [3.63, 3.8) is 0 Å². The van der Waals surface area contributed by atoms with Crippen molar-refractivity contribution in [1.82, 2.24) is 5.32 Å². The van der Waals surface area contributed by atoms with Crippen molar-refractivity contribution in [2.24, 2.45) is 5.92 Å². The van der Waals surface area contributed by atoms with Crippen molar-refractivity contribution >= 4 is 17.8 Å². The highest BCUT2D eigenvalue weighted by Gasteiger charge is 2.59. The Balaban J connectivity index is 1.84. The SMILES string of the molecule is COC(=O)C1=C2OC(=O)[C@](NC(=O)c3ccccc3)(c3ccccc3)[C@H]2CCC1. The van der Waals surface area contributed by atoms with E-state index in [2.05, 4.69) is 5.32 Å². The Hall–Kier alpha value is -3.41. The molecule has 1 fully saturated rings. The van der Waals surface area contributed by atoms with Gasteiger partial charge in [0.2, 0.25) is 0 Å².